The van der Waals surface area contributed by atoms with Crippen LogP contribution in [0.5, 0.6) is 0 Å². The van der Waals surface area contributed by atoms with Crippen LogP contribution in [0.25, 0.3) is 0 Å². The van der Waals surface area contributed by atoms with Crippen LogP contribution in [0.1, 0.15) is 24.2 Å². The zero-order chi connectivity index (χ0) is 15.5. The fraction of sp³-hybridized carbons (Fsp3) is 0.333. The summed E-state index contributed by atoms with van der Waals surface area (Å²) >= 11 is 0. The number of carbonyl (C=O) groups is 2. The fourth-order valence-corrected chi connectivity index (χ4v) is 1.27. The lowest BCUT2D eigenvalue weighted by atomic mass is 9.94. The third-order valence-electron chi connectivity index (χ3n) is 2.67. The molecule has 8 heteroatoms. The normalized spacial score (nSPS) is 10.9. The van der Waals surface area contributed by atoms with Crippen molar-refractivity contribution in [3.8, 4) is 0 Å². The van der Waals surface area contributed by atoms with Crippen LogP contribution in [0.15, 0.2) is 18.2 Å². The first kappa shape index (κ1) is 15.5. The molecule has 108 valence electrons. The topological polar surface area (TPSA) is 110 Å². The van der Waals surface area contributed by atoms with E-state index in [1.807, 2.05) is 0 Å². The lowest BCUT2D eigenvalue weighted by Gasteiger charge is -2.19. The summed E-state index contributed by atoms with van der Waals surface area (Å²) in [6.07, 6.45) is 0. The molecule has 0 saturated heterocycles. The van der Waals surface area contributed by atoms with E-state index in [0.717, 1.165) is 18.2 Å². The van der Waals surface area contributed by atoms with Gasteiger partial charge in [0.2, 0.25) is 5.82 Å². The summed E-state index contributed by atoms with van der Waals surface area (Å²) in [5.74, 6) is -2.84. The second-order valence-corrected chi connectivity index (χ2v) is 4.80. The van der Waals surface area contributed by atoms with E-state index in [1.54, 1.807) is 0 Å². The molecule has 1 rings (SSSR count). The molecule has 20 heavy (non-hydrogen) atoms. The Labute approximate surface area is 113 Å². The standard InChI is InChI=1S/C12H13FN2O5/c1-12(2,11(17)18)6-14-10(16)7-3-4-8(13)9(5-7)15(19)20/h3-5H,6H2,1-2H3,(H,14,16)(H,17,18). The second kappa shape index (κ2) is 5.64. The fourth-order valence-electron chi connectivity index (χ4n) is 1.27. The van der Waals surface area contributed by atoms with Crippen LogP contribution in [0.3, 0.4) is 0 Å². The van der Waals surface area contributed by atoms with Crippen molar-refractivity contribution in [1.29, 1.82) is 0 Å². The number of nitro groups is 1. The summed E-state index contributed by atoms with van der Waals surface area (Å²) in [4.78, 5) is 32.2. The van der Waals surface area contributed by atoms with E-state index in [2.05, 4.69) is 5.32 Å². The molecule has 0 aliphatic carbocycles. The molecule has 1 aromatic carbocycles. The number of benzene rings is 1. The Morgan fingerprint density at radius 1 is 1.45 bits per heavy atom. The Bertz CT molecular complexity index is 571. The Hall–Kier alpha value is -2.51. The van der Waals surface area contributed by atoms with Crippen LogP contribution in [-0.2, 0) is 4.79 Å². The number of carboxylic acids is 1. The molecule has 0 spiro atoms. The van der Waals surface area contributed by atoms with Crippen molar-refractivity contribution in [2.24, 2.45) is 5.41 Å². The first-order valence-electron chi connectivity index (χ1n) is 5.60. The molecule has 0 aromatic heterocycles. The van der Waals surface area contributed by atoms with Crippen molar-refractivity contribution in [2.75, 3.05) is 6.54 Å². The number of carboxylic acid groups (broad SMARTS) is 1. The molecule has 0 fully saturated rings. The van der Waals surface area contributed by atoms with Gasteiger partial charge in [0.1, 0.15) is 0 Å². The number of nitrogens with zero attached hydrogens (tertiary/aromatic N) is 1. The quantitative estimate of drug-likeness (QED) is 0.630. The number of aliphatic carboxylic acids is 1. The molecule has 0 unspecified atom stereocenters. The van der Waals surface area contributed by atoms with Gasteiger partial charge in [-0.25, -0.2) is 0 Å². The number of nitro benzene ring substituents is 1. The number of amides is 1. The molecule has 0 bridgehead atoms. The predicted molar refractivity (Wildman–Crippen MR) is 66.8 cm³/mol. The summed E-state index contributed by atoms with van der Waals surface area (Å²) < 4.78 is 13.1. The molecular formula is C12H13FN2O5. The number of carbonyl (C=O) groups excluding carboxylic acids is 1. The van der Waals surface area contributed by atoms with Crippen LogP contribution >= 0.6 is 0 Å². The zero-order valence-electron chi connectivity index (χ0n) is 10.8. The maximum Gasteiger partial charge on any atom is 0.310 e. The van der Waals surface area contributed by atoms with Gasteiger partial charge in [0.05, 0.1) is 10.3 Å². The Morgan fingerprint density at radius 3 is 2.55 bits per heavy atom. The number of halogens is 1. The number of hydrogen-bond acceptors (Lipinski definition) is 4. The highest BCUT2D eigenvalue weighted by Gasteiger charge is 2.28. The average molecular weight is 284 g/mol. The van der Waals surface area contributed by atoms with E-state index in [4.69, 9.17) is 5.11 Å². The number of hydrogen-bond donors (Lipinski definition) is 2. The van der Waals surface area contributed by atoms with Crippen molar-refractivity contribution in [3.05, 3.63) is 39.7 Å². The largest absolute Gasteiger partial charge is 0.481 e. The third-order valence-corrected chi connectivity index (χ3v) is 2.67. The maximum absolute atomic E-state index is 13.1. The summed E-state index contributed by atoms with van der Waals surface area (Å²) in [7, 11) is 0. The number of rotatable bonds is 5. The van der Waals surface area contributed by atoms with Gasteiger partial charge in [-0.2, -0.15) is 4.39 Å². The molecular weight excluding hydrogens is 271 g/mol. The van der Waals surface area contributed by atoms with E-state index in [0.29, 0.717) is 0 Å². The smallest absolute Gasteiger partial charge is 0.310 e. The lowest BCUT2D eigenvalue weighted by Crippen LogP contribution is -2.38. The van der Waals surface area contributed by atoms with Crippen LogP contribution in [-0.4, -0.2) is 28.5 Å². The van der Waals surface area contributed by atoms with Crippen molar-refractivity contribution >= 4 is 17.6 Å². The molecule has 1 aromatic rings. The van der Waals surface area contributed by atoms with Crippen LogP contribution < -0.4 is 5.32 Å². The Morgan fingerprint density at radius 2 is 2.05 bits per heavy atom. The van der Waals surface area contributed by atoms with Gasteiger partial charge in [0, 0.05) is 18.2 Å². The second-order valence-electron chi connectivity index (χ2n) is 4.80. The molecule has 0 aliphatic heterocycles. The Kier molecular flexibility index (Phi) is 4.38. The van der Waals surface area contributed by atoms with E-state index in [9.17, 15) is 24.1 Å². The van der Waals surface area contributed by atoms with Crippen LogP contribution in [0.4, 0.5) is 10.1 Å². The Balaban J connectivity index is 2.86. The minimum atomic E-state index is -1.18. The highest BCUT2D eigenvalue weighted by Crippen LogP contribution is 2.19. The molecule has 2 N–H and O–H groups in total. The first-order chi connectivity index (χ1) is 9.15. The van der Waals surface area contributed by atoms with E-state index in [-0.39, 0.29) is 12.1 Å². The minimum Gasteiger partial charge on any atom is -0.481 e. The summed E-state index contributed by atoms with van der Waals surface area (Å²) in [5.41, 5.74) is -2.10. The molecule has 0 aliphatic rings. The highest BCUT2D eigenvalue weighted by molar-refractivity contribution is 5.95. The molecule has 0 atom stereocenters. The highest BCUT2D eigenvalue weighted by atomic mass is 19.1. The van der Waals surface area contributed by atoms with Gasteiger partial charge in [-0.3, -0.25) is 19.7 Å². The lowest BCUT2D eigenvalue weighted by molar-refractivity contribution is -0.387. The predicted octanol–water partition coefficient (Wildman–Crippen LogP) is 1.57. The minimum absolute atomic E-state index is 0.112. The molecule has 7 nitrogen and oxygen atoms in total. The van der Waals surface area contributed by atoms with E-state index < -0.39 is 33.7 Å². The van der Waals surface area contributed by atoms with E-state index >= 15 is 0 Å². The van der Waals surface area contributed by atoms with E-state index in [1.165, 1.54) is 13.8 Å². The van der Waals surface area contributed by atoms with Crippen molar-refractivity contribution in [3.63, 3.8) is 0 Å². The van der Waals surface area contributed by atoms with Gasteiger partial charge in [0.25, 0.3) is 5.91 Å². The van der Waals surface area contributed by atoms with Gasteiger partial charge in [-0.15, -0.1) is 0 Å². The maximum atomic E-state index is 13.1. The van der Waals surface area contributed by atoms with Gasteiger partial charge >= 0.3 is 11.7 Å². The zero-order valence-corrected chi connectivity index (χ0v) is 10.8. The van der Waals surface area contributed by atoms with Crippen molar-refractivity contribution < 1.29 is 24.0 Å². The molecule has 0 saturated carbocycles. The van der Waals surface area contributed by atoms with Crippen LogP contribution in [0, 0.1) is 21.3 Å². The van der Waals surface area contributed by atoms with Crippen LogP contribution in [0.2, 0.25) is 0 Å². The molecule has 0 heterocycles. The molecule has 0 radical (unpaired) electrons. The third kappa shape index (κ3) is 3.50. The SMILES string of the molecule is CC(C)(CNC(=O)c1ccc(F)c([N+](=O)[O-])c1)C(=O)O. The summed E-state index contributed by atoms with van der Waals surface area (Å²) in [6, 6.07) is 2.71. The van der Waals surface area contributed by atoms with Gasteiger partial charge in [-0.05, 0) is 26.0 Å². The number of nitrogens with one attached hydrogen (secondary N) is 1. The van der Waals surface area contributed by atoms with Crippen molar-refractivity contribution in [1.82, 2.24) is 5.32 Å². The monoisotopic (exact) mass is 284 g/mol. The van der Waals surface area contributed by atoms with Gasteiger partial charge in [0.15, 0.2) is 0 Å². The summed E-state index contributed by atoms with van der Waals surface area (Å²) in [6.45, 7) is 2.68. The van der Waals surface area contributed by atoms with Crippen molar-refractivity contribution in [2.45, 2.75) is 13.8 Å². The summed E-state index contributed by atoms with van der Waals surface area (Å²) in [5, 5.41) is 21.8. The average Bonchev–Trinajstić information content (AvgIpc) is 2.36. The molecule has 1 amide bonds. The first-order valence-corrected chi connectivity index (χ1v) is 5.60. The van der Waals surface area contributed by atoms with Gasteiger partial charge < -0.3 is 10.4 Å². The van der Waals surface area contributed by atoms with Gasteiger partial charge in [-0.1, -0.05) is 0 Å².